The van der Waals surface area contributed by atoms with Gasteiger partial charge in [-0.2, -0.15) is 5.26 Å². The first-order valence-corrected chi connectivity index (χ1v) is 11.6. The van der Waals surface area contributed by atoms with Crippen molar-refractivity contribution in [2.45, 2.75) is 10.9 Å². The highest BCUT2D eigenvalue weighted by molar-refractivity contribution is 8.11. The predicted octanol–water partition coefficient (Wildman–Crippen LogP) is 3.06. The SMILES string of the molecule is N#CC1=C(N2CCOCC2)SN(S(=O)(=O)c2ccc([N+](=O)[O-])cc2)C1c1ccccc1. The number of sulfonamides is 1. The Morgan fingerprint density at radius 2 is 1.74 bits per heavy atom. The van der Waals surface area contributed by atoms with Crippen LogP contribution in [0.4, 0.5) is 5.69 Å². The van der Waals surface area contributed by atoms with Gasteiger partial charge in [0.2, 0.25) is 0 Å². The molecule has 0 saturated carbocycles. The number of hydrogen-bond acceptors (Lipinski definition) is 8. The van der Waals surface area contributed by atoms with E-state index in [1.807, 2.05) is 11.0 Å². The summed E-state index contributed by atoms with van der Waals surface area (Å²) in [5.74, 6) is 0. The minimum atomic E-state index is -4.07. The summed E-state index contributed by atoms with van der Waals surface area (Å²) in [6, 6.07) is 15.1. The highest BCUT2D eigenvalue weighted by atomic mass is 32.3. The zero-order chi connectivity index (χ0) is 22.0. The van der Waals surface area contributed by atoms with Crippen molar-refractivity contribution < 1.29 is 18.1 Å². The van der Waals surface area contributed by atoms with Crippen LogP contribution in [0.1, 0.15) is 11.6 Å². The molecule has 0 spiro atoms. The average Bonchev–Trinajstić information content (AvgIpc) is 3.21. The Bertz CT molecular complexity index is 1150. The van der Waals surface area contributed by atoms with Crippen molar-refractivity contribution in [1.82, 2.24) is 8.61 Å². The Balaban J connectivity index is 1.78. The lowest BCUT2D eigenvalue weighted by molar-refractivity contribution is -0.384. The molecular weight excluding hydrogens is 440 g/mol. The zero-order valence-electron chi connectivity index (χ0n) is 16.2. The maximum absolute atomic E-state index is 13.5. The van der Waals surface area contributed by atoms with E-state index in [9.17, 15) is 23.8 Å². The second kappa shape index (κ2) is 8.68. The van der Waals surface area contributed by atoms with E-state index in [0.29, 0.717) is 42.5 Å². The number of ether oxygens (including phenoxy) is 1. The predicted molar refractivity (Wildman–Crippen MR) is 114 cm³/mol. The molecule has 9 nitrogen and oxygen atoms in total. The summed E-state index contributed by atoms with van der Waals surface area (Å²) in [5.41, 5.74) is 0.821. The monoisotopic (exact) mass is 458 g/mol. The molecule has 1 atom stereocenters. The standard InChI is InChI=1S/C20H18N4O5S2/c21-14-18-19(15-4-2-1-3-5-15)24(30-20(18)22-10-12-29-13-11-22)31(27,28)17-8-6-16(7-9-17)23(25)26/h1-9,19H,10-13H2. The fourth-order valence-corrected chi connectivity index (χ4v) is 6.58. The second-order valence-corrected chi connectivity index (χ2v) is 9.85. The molecule has 0 bridgehead atoms. The van der Waals surface area contributed by atoms with Crippen LogP contribution in [0.5, 0.6) is 0 Å². The summed E-state index contributed by atoms with van der Waals surface area (Å²) >= 11 is 1.00. The lowest BCUT2D eigenvalue weighted by Gasteiger charge is -2.29. The fraction of sp³-hybridized carbons (Fsp3) is 0.250. The summed E-state index contributed by atoms with van der Waals surface area (Å²) in [4.78, 5) is 12.2. The lowest BCUT2D eigenvalue weighted by Crippen LogP contribution is -2.35. The molecule has 0 amide bonds. The number of rotatable bonds is 5. The van der Waals surface area contributed by atoms with Gasteiger partial charge in [0.1, 0.15) is 5.03 Å². The number of hydrogen-bond donors (Lipinski definition) is 0. The van der Waals surface area contributed by atoms with Crippen LogP contribution >= 0.6 is 11.9 Å². The molecule has 31 heavy (non-hydrogen) atoms. The number of nitrogens with zero attached hydrogens (tertiary/aromatic N) is 4. The third-order valence-electron chi connectivity index (χ3n) is 5.01. The van der Waals surface area contributed by atoms with E-state index in [2.05, 4.69) is 6.07 Å². The molecule has 2 aliphatic heterocycles. The van der Waals surface area contributed by atoms with Gasteiger partial charge < -0.3 is 9.64 Å². The first-order chi connectivity index (χ1) is 14.9. The number of nitro groups is 1. The molecule has 0 N–H and O–H groups in total. The largest absolute Gasteiger partial charge is 0.378 e. The topological polar surface area (TPSA) is 117 Å². The van der Waals surface area contributed by atoms with E-state index in [1.54, 1.807) is 24.3 Å². The van der Waals surface area contributed by atoms with Gasteiger partial charge in [-0.1, -0.05) is 30.3 Å². The highest BCUT2D eigenvalue weighted by Gasteiger charge is 2.45. The summed E-state index contributed by atoms with van der Waals surface area (Å²) < 4.78 is 33.7. The summed E-state index contributed by atoms with van der Waals surface area (Å²) in [5, 5.41) is 21.5. The van der Waals surface area contributed by atoms with E-state index in [0.717, 1.165) is 24.1 Å². The molecule has 0 radical (unpaired) electrons. The van der Waals surface area contributed by atoms with Crippen LogP contribution in [0.25, 0.3) is 0 Å². The zero-order valence-corrected chi connectivity index (χ0v) is 17.9. The molecule has 0 aromatic heterocycles. The Kier molecular flexibility index (Phi) is 5.97. The summed E-state index contributed by atoms with van der Waals surface area (Å²) in [7, 11) is -4.07. The van der Waals surface area contributed by atoms with Crippen molar-refractivity contribution in [2.24, 2.45) is 0 Å². The van der Waals surface area contributed by atoms with Crippen molar-refractivity contribution in [2.75, 3.05) is 26.3 Å². The molecule has 1 unspecified atom stereocenters. The van der Waals surface area contributed by atoms with Crippen molar-refractivity contribution in [3.05, 3.63) is 80.9 Å². The van der Waals surface area contributed by atoms with E-state index >= 15 is 0 Å². The lowest BCUT2D eigenvalue weighted by atomic mass is 10.0. The molecule has 2 aromatic rings. The second-order valence-electron chi connectivity index (χ2n) is 6.85. The number of nitriles is 1. The van der Waals surface area contributed by atoms with Crippen molar-refractivity contribution in [1.29, 1.82) is 5.26 Å². The molecular formula is C20H18N4O5S2. The molecule has 1 saturated heterocycles. The number of nitro benzene ring substituents is 1. The van der Waals surface area contributed by atoms with Crippen LogP contribution in [0.3, 0.4) is 0 Å². The van der Waals surface area contributed by atoms with Crippen LogP contribution < -0.4 is 0 Å². The van der Waals surface area contributed by atoms with Gasteiger partial charge in [-0.15, -0.1) is 3.71 Å². The van der Waals surface area contributed by atoms with Gasteiger partial charge in [-0.05, 0) is 29.6 Å². The first kappa shape index (κ1) is 21.3. The maximum Gasteiger partial charge on any atom is 0.269 e. The van der Waals surface area contributed by atoms with E-state index < -0.39 is 21.0 Å². The van der Waals surface area contributed by atoms with E-state index in [-0.39, 0.29) is 10.6 Å². The van der Waals surface area contributed by atoms with Gasteiger partial charge in [-0.3, -0.25) is 10.1 Å². The normalized spacial score (nSPS) is 20.0. The Morgan fingerprint density at radius 3 is 2.32 bits per heavy atom. The number of benzene rings is 2. The van der Waals surface area contributed by atoms with Crippen LogP contribution in [-0.4, -0.2) is 48.3 Å². The fourth-order valence-electron chi connectivity index (χ4n) is 3.47. The average molecular weight is 459 g/mol. The molecule has 2 aliphatic rings. The molecule has 2 heterocycles. The third-order valence-corrected chi connectivity index (χ3v) is 8.41. The van der Waals surface area contributed by atoms with Gasteiger partial charge in [-0.25, -0.2) is 8.42 Å². The third kappa shape index (κ3) is 4.03. The molecule has 160 valence electrons. The van der Waals surface area contributed by atoms with Gasteiger partial charge in [0.05, 0.1) is 40.7 Å². The Labute approximate surface area is 183 Å². The van der Waals surface area contributed by atoms with Crippen LogP contribution in [0.15, 0.2) is 70.1 Å². The van der Waals surface area contributed by atoms with Gasteiger partial charge in [0, 0.05) is 25.2 Å². The van der Waals surface area contributed by atoms with Gasteiger partial charge >= 0.3 is 0 Å². The Hall–Kier alpha value is -2.91. The number of morpholine rings is 1. The quantitative estimate of drug-likeness (QED) is 0.381. The molecule has 11 heteroatoms. The van der Waals surface area contributed by atoms with Gasteiger partial charge in [0.25, 0.3) is 15.7 Å². The van der Waals surface area contributed by atoms with Crippen LogP contribution in [-0.2, 0) is 14.8 Å². The summed E-state index contributed by atoms with van der Waals surface area (Å²) in [6.07, 6.45) is 0. The smallest absolute Gasteiger partial charge is 0.269 e. The van der Waals surface area contributed by atoms with Crippen molar-refractivity contribution in [3.63, 3.8) is 0 Å². The minimum Gasteiger partial charge on any atom is -0.378 e. The highest BCUT2D eigenvalue weighted by Crippen LogP contribution is 2.50. The minimum absolute atomic E-state index is 0.0768. The summed E-state index contributed by atoms with van der Waals surface area (Å²) in [6.45, 7) is 2.10. The maximum atomic E-state index is 13.5. The van der Waals surface area contributed by atoms with Crippen LogP contribution in [0, 0.1) is 21.4 Å². The van der Waals surface area contributed by atoms with E-state index in [1.165, 1.54) is 15.8 Å². The molecule has 2 aromatic carbocycles. The molecule has 0 aliphatic carbocycles. The number of non-ortho nitro benzene ring substituents is 1. The molecule has 4 rings (SSSR count). The first-order valence-electron chi connectivity index (χ1n) is 9.42. The van der Waals surface area contributed by atoms with Crippen molar-refractivity contribution >= 4 is 27.7 Å². The van der Waals surface area contributed by atoms with Crippen molar-refractivity contribution in [3.8, 4) is 6.07 Å². The van der Waals surface area contributed by atoms with E-state index in [4.69, 9.17) is 4.74 Å². The molecule has 1 fully saturated rings. The van der Waals surface area contributed by atoms with Gasteiger partial charge in [0.15, 0.2) is 0 Å². The Morgan fingerprint density at radius 1 is 1.10 bits per heavy atom. The van der Waals surface area contributed by atoms with Crippen LogP contribution in [0.2, 0.25) is 0 Å².